The summed E-state index contributed by atoms with van der Waals surface area (Å²) in [6.45, 7) is 8.57. The molecule has 2 rings (SSSR count). The van der Waals surface area contributed by atoms with E-state index in [1.54, 1.807) is 6.08 Å². The number of carboxylic acids is 1. The van der Waals surface area contributed by atoms with Gasteiger partial charge in [-0.15, -0.1) is 0 Å². The van der Waals surface area contributed by atoms with E-state index in [2.05, 4.69) is 39.8 Å². The summed E-state index contributed by atoms with van der Waals surface area (Å²) >= 11 is 0. The average Bonchev–Trinajstić information content (AvgIpc) is 2.52. The van der Waals surface area contributed by atoms with E-state index < -0.39 is 5.97 Å². The molecule has 0 heterocycles. The van der Waals surface area contributed by atoms with Gasteiger partial charge in [0.05, 0.1) is 5.57 Å². The fraction of sp³-hybridized carbons (Fsp3) is 0.286. The Kier molecular flexibility index (Phi) is 5.05. The predicted molar refractivity (Wildman–Crippen MR) is 96.5 cm³/mol. The lowest BCUT2D eigenvalue weighted by molar-refractivity contribution is -0.130. The molecule has 0 spiro atoms. The van der Waals surface area contributed by atoms with Gasteiger partial charge in [0.25, 0.3) is 0 Å². The van der Waals surface area contributed by atoms with Gasteiger partial charge in [-0.05, 0) is 40.2 Å². The van der Waals surface area contributed by atoms with Gasteiger partial charge >= 0.3 is 5.97 Å². The molecule has 0 aliphatic rings. The second-order valence-electron chi connectivity index (χ2n) is 6.79. The molecule has 1 N–H and O–H groups in total. The third kappa shape index (κ3) is 4.32. The maximum absolute atomic E-state index is 11.6. The molecule has 0 unspecified atom stereocenters. The molecule has 0 amide bonds. The molecule has 120 valence electrons. The number of rotatable bonds is 4. The first-order chi connectivity index (χ1) is 10.8. The van der Waals surface area contributed by atoms with Crippen LogP contribution in [0.3, 0.4) is 0 Å². The molecule has 0 saturated heterocycles. The molecule has 0 aliphatic heterocycles. The van der Waals surface area contributed by atoms with Crippen molar-refractivity contribution in [3.63, 3.8) is 0 Å². The van der Waals surface area contributed by atoms with Crippen molar-refractivity contribution in [2.75, 3.05) is 0 Å². The maximum Gasteiger partial charge on any atom is 0.336 e. The van der Waals surface area contributed by atoms with E-state index in [1.165, 1.54) is 11.1 Å². The quantitative estimate of drug-likeness (QED) is 0.625. The maximum atomic E-state index is 11.6. The zero-order valence-corrected chi connectivity index (χ0v) is 14.3. The van der Waals surface area contributed by atoms with Crippen LogP contribution in [0.15, 0.2) is 48.5 Å². The Bertz CT molecular complexity index is 699. The van der Waals surface area contributed by atoms with E-state index in [9.17, 15) is 9.90 Å². The van der Waals surface area contributed by atoms with Crippen LogP contribution in [0.25, 0.3) is 11.6 Å². The minimum absolute atomic E-state index is 0.0911. The van der Waals surface area contributed by atoms with E-state index in [0.29, 0.717) is 5.57 Å². The highest BCUT2D eigenvalue weighted by atomic mass is 16.4. The van der Waals surface area contributed by atoms with E-state index in [4.69, 9.17) is 0 Å². The monoisotopic (exact) mass is 308 g/mol. The van der Waals surface area contributed by atoms with Crippen LogP contribution in [-0.4, -0.2) is 11.1 Å². The van der Waals surface area contributed by atoms with Crippen molar-refractivity contribution < 1.29 is 9.90 Å². The minimum atomic E-state index is -0.908. The first-order valence-electron chi connectivity index (χ1n) is 7.96. The summed E-state index contributed by atoms with van der Waals surface area (Å²) in [5.41, 5.74) is 4.47. The Labute approximate surface area is 138 Å². The van der Waals surface area contributed by atoms with E-state index in [-0.39, 0.29) is 5.41 Å². The molecule has 0 saturated carbocycles. The molecule has 0 radical (unpaired) electrons. The smallest absolute Gasteiger partial charge is 0.336 e. The molecule has 0 bridgehead atoms. The summed E-state index contributed by atoms with van der Waals surface area (Å²) in [5, 5.41) is 9.53. The van der Waals surface area contributed by atoms with Gasteiger partial charge in [0.2, 0.25) is 0 Å². The third-order valence-electron chi connectivity index (χ3n) is 3.99. The van der Waals surface area contributed by atoms with Crippen LogP contribution in [0, 0.1) is 0 Å². The fourth-order valence-corrected chi connectivity index (χ4v) is 2.43. The highest BCUT2D eigenvalue weighted by Crippen LogP contribution is 2.24. The van der Waals surface area contributed by atoms with Gasteiger partial charge in [0.1, 0.15) is 0 Å². The van der Waals surface area contributed by atoms with Crippen molar-refractivity contribution in [3.8, 4) is 0 Å². The van der Waals surface area contributed by atoms with Crippen molar-refractivity contribution in [1.29, 1.82) is 0 Å². The van der Waals surface area contributed by atoms with Gasteiger partial charge in [-0.3, -0.25) is 0 Å². The van der Waals surface area contributed by atoms with Crippen molar-refractivity contribution in [3.05, 3.63) is 70.8 Å². The molecule has 0 fully saturated rings. The Hall–Kier alpha value is -2.35. The third-order valence-corrected chi connectivity index (χ3v) is 3.99. The van der Waals surface area contributed by atoms with Gasteiger partial charge in [0, 0.05) is 0 Å². The van der Waals surface area contributed by atoms with Crippen molar-refractivity contribution in [2.24, 2.45) is 0 Å². The lowest BCUT2D eigenvalue weighted by atomic mass is 9.86. The number of carbonyl (C=O) groups is 1. The minimum Gasteiger partial charge on any atom is -0.478 e. The van der Waals surface area contributed by atoms with Gasteiger partial charge in [-0.2, -0.15) is 0 Å². The molecule has 0 atom stereocenters. The number of aliphatic carboxylic acids is 1. The molecule has 2 heteroatoms. The normalized spacial score (nSPS) is 12.3. The number of hydrogen-bond donors (Lipinski definition) is 1. The van der Waals surface area contributed by atoms with Crippen LogP contribution in [-0.2, 0) is 16.6 Å². The predicted octanol–water partition coefficient (Wildman–Crippen LogP) is 5.17. The van der Waals surface area contributed by atoms with Crippen LogP contribution < -0.4 is 0 Å². The topological polar surface area (TPSA) is 37.3 Å². The van der Waals surface area contributed by atoms with E-state index in [1.807, 2.05) is 36.4 Å². The molecular weight excluding hydrogens is 284 g/mol. The second kappa shape index (κ2) is 6.82. The van der Waals surface area contributed by atoms with Gasteiger partial charge < -0.3 is 5.11 Å². The summed E-state index contributed by atoms with van der Waals surface area (Å²) < 4.78 is 0. The number of aryl methyl sites for hydroxylation is 1. The van der Waals surface area contributed by atoms with E-state index >= 15 is 0 Å². The van der Waals surface area contributed by atoms with Crippen LogP contribution in [0.5, 0.6) is 0 Å². The zero-order valence-electron chi connectivity index (χ0n) is 14.3. The molecule has 2 aromatic rings. The highest BCUT2D eigenvalue weighted by molar-refractivity contribution is 6.20. The second-order valence-corrected chi connectivity index (χ2v) is 6.79. The molecule has 0 aromatic heterocycles. The standard InChI is InChI=1S/C21H24O2/c1-5-15-6-10-17(11-7-15)19(20(22)23)14-16-8-12-18(13-9-16)21(2,3)4/h6-14H,5H2,1-4H3,(H,22,23)/b19-14-. The van der Waals surface area contributed by atoms with Gasteiger partial charge in [-0.1, -0.05) is 76.2 Å². The molecule has 23 heavy (non-hydrogen) atoms. The van der Waals surface area contributed by atoms with Crippen molar-refractivity contribution in [1.82, 2.24) is 0 Å². The Morgan fingerprint density at radius 1 is 1.00 bits per heavy atom. The summed E-state index contributed by atoms with van der Waals surface area (Å²) in [6.07, 6.45) is 2.68. The summed E-state index contributed by atoms with van der Waals surface area (Å²) in [6, 6.07) is 15.8. The fourth-order valence-electron chi connectivity index (χ4n) is 2.43. The Morgan fingerprint density at radius 3 is 2.00 bits per heavy atom. The Morgan fingerprint density at radius 2 is 1.57 bits per heavy atom. The summed E-state index contributed by atoms with van der Waals surface area (Å²) in [4.78, 5) is 11.6. The molecule has 2 aromatic carbocycles. The highest BCUT2D eigenvalue weighted by Gasteiger charge is 2.14. The van der Waals surface area contributed by atoms with Crippen LogP contribution in [0.2, 0.25) is 0 Å². The summed E-state index contributed by atoms with van der Waals surface area (Å²) in [7, 11) is 0. The molecule has 2 nitrogen and oxygen atoms in total. The first kappa shape index (κ1) is 17.0. The molecular formula is C21H24O2. The first-order valence-corrected chi connectivity index (χ1v) is 7.96. The molecule has 0 aliphatic carbocycles. The van der Waals surface area contributed by atoms with Crippen LogP contribution in [0.4, 0.5) is 0 Å². The number of benzene rings is 2. The SMILES string of the molecule is CCc1ccc(/C(=C/c2ccc(C(C)(C)C)cc2)C(=O)O)cc1. The van der Waals surface area contributed by atoms with Crippen LogP contribution in [0.1, 0.15) is 49.9 Å². The van der Waals surface area contributed by atoms with Gasteiger partial charge in [0.15, 0.2) is 0 Å². The summed E-state index contributed by atoms with van der Waals surface area (Å²) in [5.74, 6) is -0.908. The van der Waals surface area contributed by atoms with Crippen molar-refractivity contribution in [2.45, 2.75) is 39.5 Å². The largest absolute Gasteiger partial charge is 0.478 e. The van der Waals surface area contributed by atoms with Crippen LogP contribution >= 0.6 is 0 Å². The number of carboxylic acid groups (broad SMARTS) is 1. The average molecular weight is 308 g/mol. The zero-order chi connectivity index (χ0) is 17.0. The Balaban J connectivity index is 2.36. The number of hydrogen-bond acceptors (Lipinski definition) is 1. The lowest BCUT2D eigenvalue weighted by Crippen LogP contribution is -2.10. The van der Waals surface area contributed by atoms with Gasteiger partial charge in [-0.25, -0.2) is 4.79 Å². The van der Waals surface area contributed by atoms with Crippen molar-refractivity contribution >= 4 is 17.6 Å². The van der Waals surface area contributed by atoms with E-state index in [0.717, 1.165) is 17.5 Å². The lowest BCUT2D eigenvalue weighted by Gasteiger charge is -2.18.